The number of nitro benzene ring substituents is 1. The molecule has 1 aromatic rings. The zero-order chi connectivity index (χ0) is 35.0. The summed E-state index contributed by atoms with van der Waals surface area (Å²) >= 11 is 0. The van der Waals surface area contributed by atoms with Crippen molar-refractivity contribution in [2.75, 3.05) is 13.7 Å². The van der Waals surface area contributed by atoms with Crippen molar-refractivity contribution in [3.63, 3.8) is 0 Å². The highest BCUT2D eigenvalue weighted by Crippen LogP contribution is 2.67. The Labute approximate surface area is 278 Å². The van der Waals surface area contributed by atoms with Gasteiger partial charge in [0.2, 0.25) is 11.7 Å². The number of phenolic OH excluding ortho intramolecular Hbond substituents is 1. The molecule has 0 radical (unpaired) electrons. The fourth-order valence-corrected chi connectivity index (χ4v) is 9.27. The van der Waals surface area contributed by atoms with Gasteiger partial charge in [-0.05, 0) is 85.8 Å². The number of Topliss-reactive ketones (excluding diaryl/α,β-unsaturated/α-hetero) is 1. The van der Waals surface area contributed by atoms with Gasteiger partial charge in [-0.1, -0.05) is 25.5 Å². The van der Waals surface area contributed by atoms with Crippen molar-refractivity contribution in [3.05, 3.63) is 45.5 Å². The average molecular weight is 669 g/mol. The fraction of sp³-hybridized carbons (Fsp3) is 0.629. The van der Waals surface area contributed by atoms with Crippen molar-refractivity contribution in [2.45, 2.75) is 96.1 Å². The van der Waals surface area contributed by atoms with E-state index in [9.17, 15) is 44.3 Å². The Morgan fingerprint density at radius 2 is 1.79 bits per heavy atom. The Bertz CT molecular complexity index is 1550. The molecule has 0 saturated heterocycles. The summed E-state index contributed by atoms with van der Waals surface area (Å²) < 4.78 is 9.97. The Balaban J connectivity index is 1.14. The monoisotopic (exact) mass is 668 g/mol. The van der Waals surface area contributed by atoms with Crippen LogP contribution in [0.2, 0.25) is 0 Å². The van der Waals surface area contributed by atoms with E-state index in [2.05, 4.69) is 12.2 Å². The van der Waals surface area contributed by atoms with Crippen molar-refractivity contribution >= 4 is 35.1 Å². The summed E-state index contributed by atoms with van der Waals surface area (Å²) in [4.78, 5) is 73.5. The highest BCUT2D eigenvalue weighted by atomic mass is 16.6. The number of ketones is 2. The number of benzene rings is 1. The molecular weight excluding hydrogens is 624 g/mol. The van der Waals surface area contributed by atoms with Gasteiger partial charge in [-0.3, -0.25) is 29.3 Å². The van der Waals surface area contributed by atoms with E-state index in [1.54, 1.807) is 0 Å². The van der Waals surface area contributed by atoms with Crippen LogP contribution in [0.25, 0.3) is 0 Å². The number of carbonyl (C=O) groups is 5. The average Bonchev–Trinajstić information content (AvgIpc) is 3.34. The molecule has 0 unspecified atom stereocenters. The number of hydrogen-bond donors (Lipinski definition) is 3. The van der Waals surface area contributed by atoms with Gasteiger partial charge in [-0.15, -0.1) is 0 Å². The molecule has 3 saturated carbocycles. The number of nitro groups is 1. The second-order valence-corrected chi connectivity index (χ2v) is 14.3. The number of methoxy groups -OCH3 is 1. The number of carbonyl (C=O) groups excluding carboxylic acids is 5. The maximum Gasteiger partial charge on any atom is 0.328 e. The zero-order valence-electron chi connectivity index (χ0n) is 27.6. The second kappa shape index (κ2) is 13.4. The lowest BCUT2D eigenvalue weighted by Crippen LogP contribution is -2.58. The summed E-state index contributed by atoms with van der Waals surface area (Å²) in [7, 11) is 1.12. The molecule has 0 spiro atoms. The van der Waals surface area contributed by atoms with E-state index in [1.807, 2.05) is 13.0 Å². The van der Waals surface area contributed by atoms with Gasteiger partial charge in [-0.2, -0.15) is 0 Å². The van der Waals surface area contributed by atoms with E-state index in [0.717, 1.165) is 44.9 Å². The summed E-state index contributed by atoms with van der Waals surface area (Å²) in [5.74, 6) is -2.36. The van der Waals surface area contributed by atoms with Crippen LogP contribution in [0.1, 0.15) is 83.6 Å². The van der Waals surface area contributed by atoms with E-state index in [4.69, 9.17) is 9.47 Å². The molecule has 260 valence electrons. The Morgan fingerprint density at radius 3 is 2.50 bits per heavy atom. The van der Waals surface area contributed by atoms with Crippen LogP contribution in [-0.4, -0.2) is 69.9 Å². The summed E-state index contributed by atoms with van der Waals surface area (Å²) in [6.45, 7) is 3.64. The molecule has 4 aliphatic rings. The maximum atomic E-state index is 13.5. The van der Waals surface area contributed by atoms with Crippen molar-refractivity contribution in [2.24, 2.45) is 28.6 Å². The van der Waals surface area contributed by atoms with Crippen molar-refractivity contribution < 1.29 is 48.6 Å². The number of ether oxygens (including phenoxy) is 2. The number of esters is 2. The molecule has 0 heterocycles. The highest BCUT2D eigenvalue weighted by molar-refractivity contribution is 5.92. The van der Waals surface area contributed by atoms with Gasteiger partial charge in [-0.25, -0.2) is 4.79 Å². The van der Waals surface area contributed by atoms with E-state index in [-0.39, 0.29) is 41.9 Å². The molecule has 4 aliphatic carbocycles. The number of amides is 1. The number of rotatable bonds is 11. The van der Waals surface area contributed by atoms with Crippen LogP contribution < -0.4 is 5.32 Å². The molecule has 1 amide bonds. The zero-order valence-corrected chi connectivity index (χ0v) is 27.6. The molecule has 3 fully saturated rings. The first kappa shape index (κ1) is 35.2. The molecule has 1 aromatic carbocycles. The van der Waals surface area contributed by atoms with Gasteiger partial charge in [0.1, 0.15) is 11.6 Å². The summed E-state index contributed by atoms with van der Waals surface area (Å²) in [5.41, 5.74) is -1.37. The summed E-state index contributed by atoms with van der Waals surface area (Å²) in [6.07, 6.45) is 6.57. The minimum Gasteiger partial charge on any atom is -0.502 e. The van der Waals surface area contributed by atoms with Gasteiger partial charge in [0, 0.05) is 30.7 Å². The number of phenols is 1. The van der Waals surface area contributed by atoms with Gasteiger partial charge in [0.25, 0.3) is 0 Å². The van der Waals surface area contributed by atoms with Crippen LogP contribution in [0.4, 0.5) is 5.69 Å². The Morgan fingerprint density at radius 1 is 1.06 bits per heavy atom. The minimum atomic E-state index is -1.64. The lowest BCUT2D eigenvalue weighted by Gasteiger charge is -2.58. The molecule has 3 N–H and O–H groups in total. The Hall–Kier alpha value is -4.13. The van der Waals surface area contributed by atoms with Gasteiger partial charge >= 0.3 is 17.6 Å². The van der Waals surface area contributed by atoms with Crippen molar-refractivity contribution in [1.82, 2.24) is 5.32 Å². The van der Waals surface area contributed by atoms with Gasteiger partial charge < -0.3 is 25.0 Å². The third-order valence-corrected chi connectivity index (χ3v) is 12.0. The Kier molecular flexibility index (Phi) is 9.83. The van der Waals surface area contributed by atoms with Crippen LogP contribution in [0.3, 0.4) is 0 Å². The molecule has 13 nitrogen and oxygen atoms in total. The molecule has 13 heteroatoms. The normalized spacial score (nSPS) is 31.3. The van der Waals surface area contributed by atoms with Crippen molar-refractivity contribution in [3.8, 4) is 5.75 Å². The van der Waals surface area contributed by atoms with Crippen LogP contribution >= 0.6 is 0 Å². The minimum absolute atomic E-state index is 0.0339. The predicted octanol–water partition coefficient (Wildman–Crippen LogP) is 3.66. The standard InChI is InChI=1S/C35H44N2O11/c1-33-13-10-22(38)18-21(33)5-6-23-24(33)11-14-34(2)25(23)12-15-35(34,44)29(40)19-48-31(42)9-8-30(41)36-26(32(43)47-3)16-20-4-7-28(39)27(17-20)37(45)46/h4,7,17-18,23-26,39,44H,5-6,8-16,19H2,1-3H3,(H,36,41)/t23-,24+,25+,26+,33+,34+,35+/m1/s1. The topological polar surface area (TPSA) is 199 Å². The third kappa shape index (κ3) is 6.36. The quantitative estimate of drug-likeness (QED) is 0.177. The number of hydrogen-bond acceptors (Lipinski definition) is 11. The molecule has 5 rings (SSSR count). The van der Waals surface area contributed by atoms with E-state index in [0.29, 0.717) is 31.1 Å². The van der Waals surface area contributed by atoms with Crippen LogP contribution in [-0.2, 0) is 39.9 Å². The van der Waals surface area contributed by atoms with Crippen molar-refractivity contribution in [1.29, 1.82) is 0 Å². The number of aromatic hydroxyl groups is 1. The molecular formula is C35H44N2O11. The first-order chi connectivity index (χ1) is 22.6. The fourth-order valence-electron chi connectivity index (χ4n) is 9.27. The van der Waals surface area contributed by atoms with E-state index in [1.165, 1.54) is 11.6 Å². The van der Waals surface area contributed by atoms with E-state index >= 15 is 0 Å². The SMILES string of the molecule is COC(=O)[C@H](Cc1ccc(O)c([N+](=O)[O-])c1)NC(=O)CCC(=O)OCC(=O)[C@@]1(O)CC[C@H]2[C@@H]3CCC4=CC(=O)CC[C@]4(C)[C@H]3CC[C@@]21C. The van der Waals surface area contributed by atoms with E-state index < -0.39 is 70.1 Å². The molecule has 7 atom stereocenters. The largest absolute Gasteiger partial charge is 0.502 e. The number of nitrogens with one attached hydrogen (secondary N) is 1. The number of fused-ring (bicyclic) bond motifs is 5. The van der Waals surface area contributed by atoms with Crippen LogP contribution in [0, 0.1) is 38.7 Å². The highest BCUT2D eigenvalue weighted by Gasteiger charge is 2.66. The predicted molar refractivity (Wildman–Crippen MR) is 169 cm³/mol. The molecule has 0 aromatic heterocycles. The van der Waals surface area contributed by atoms with Crippen LogP contribution in [0.15, 0.2) is 29.8 Å². The van der Waals surface area contributed by atoms with Gasteiger partial charge in [0.05, 0.1) is 18.5 Å². The second-order valence-electron chi connectivity index (χ2n) is 14.3. The number of allylic oxidation sites excluding steroid dienone is 1. The lowest BCUT2D eigenvalue weighted by molar-refractivity contribution is -0.385. The van der Waals surface area contributed by atoms with Crippen LogP contribution in [0.5, 0.6) is 5.75 Å². The van der Waals surface area contributed by atoms with Gasteiger partial charge in [0.15, 0.2) is 18.1 Å². The summed E-state index contributed by atoms with van der Waals surface area (Å²) in [6, 6.07) is 2.34. The maximum absolute atomic E-state index is 13.5. The molecule has 0 bridgehead atoms. The number of nitrogens with zero attached hydrogens (tertiary/aromatic N) is 1. The molecule has 48 heavy (non-hydrogen) atoms. The first-order valence-electron chi connectivity index (χ1n) is 16.6. The number of aliphatic hydroxyl groups is 1. The molecule has 0 aliphatic heterocycles. The first-order valence-corrected chi connectivity index (χ1v) is 16.6. The smallest absolute Gasteiger partial charge is 0.328 e. The lowest BCUT2D eigenvalue weighted by atomic mass is 9.46. The third-order valence-electron chi connectivity index (χ3n) is 12.0. The summed E-state index contributed by atoms with van der Waals surface area (Å²) in [5, 5.41) is 35.1.